The van der Waals surface area contributed by atoms with Crippen molar-refractivity contribution in [3.05, 3.63) is 35.5 Å². The minimum atomic E-state index is -0.676. The Kier molecular flexibility index (Phi) is 2.21. The van der Waals surface area contributed by atoms with Gasteiger partial charge in [-0.2, -0.15) is 0 Å². The molecule has 0 saturated carbocycles. The van der Waals surface area contributed by atoms with Crippen molar-refractivity contribution in [2.24, 2.45) is 5.92 Å². The van der Waals surface area contributed by atoms with E-state index in [1.54, 1.807) is 0 Å². The fourth-order valence-corrected chi connectivity index (χ4v) is 2.68. The van der Waals surface area contributed by atoms with Gasteiger partial charge in [0, 0.05) is 17.8 Å². The molecule has 2 heterocycles. The number of carbonyl (C=O) groups is 1. The van der Waals surface area contributed by atoms with Crippen molar-refractivity contribution in [2.45, 2.75) is 26.3 Å². The molecule has 1 aliphatic heterocycles. The minimum absolute atomic E-state index is 0.237. The summed E-state index contributed by atoms with van der Waals surface area (Å²) in [4.78, 5) is 11.1. The second-order valence-corrected chi connectivity index (χ2v) is 4.88. The summed E-state index contributed by atoms with van der Waals surface area (Å²) in [5.74, 6) is -0.913. The van der Waals surface area contributed by atoms with Crippen LogP contribution in [0.25, 0.3) is 10.9 Å². The molecule has 2 aromatic rings. The molecule has 1 N–H and O–H groups in total. The van der Waals surface area contributed by atoms with Gasteiger partial charge in [0.15, 0.2) is 0 Å². The topological polar surface area (TPSA) is 42.2 Å². The molecule has 1 aromatic heterocycles. The number of fused-ring (bicyclic) bond motifs is 3. The second kappa shape index (κ2) is 3.62. The summed E-state index contributed by atoms with van der Waals surface area (Å²) in [6, 6.07) is 8.55. The van der Waals surface area contributed by atoms with Gasteiger partial charge in [0.2, 0.25) is 0 Å². The summed E-state index contributed by atoms with van der Waals surface area (Å²) in [6.45, 7) is 2.68. The van der Waals surface area contributed by atoms with Crippen LogP contribution in [0, 0.1) is 12.8 Å². The number of carboxylic acid groups (broad SMARTS) is 1. The van der Waals surface area contributed by atoms with E-state index >= 15 is 0 Å². The van der Waals surface area contributed by atoms with Crippen molar-refractivity contribution in [3.8, 4) is 0 Å². The SMILES string of the molecule is Cc1ccc2cc3n(c2c1)CC(C(=O)O)CC3. The van der Waals surface area contributed by atoms with Crippen molar-refractivity contribution in [2.75, 3.05) is 0 Å². The molecule has 17 heavy (non-hydrogen) atoms. The number of aliphatic carboxylic acids is 1. The first-order valence-electron chi connectivity index (χ1n) is 5.97. The molecule has 1 aromatic carbocycles. The summed E-state index contributed by atoms with van der Waals surface area (Å²) in [5.41, 5.74) is 3.66. The van der Waals surface area contributed by atoms with E-state index in [4.69, 9.17) is 5.11 Å². The van der Waals surface area contributed by atoms with E-state index in [-0.39, 0.29) is 5.92 Å². The molecule has 0 spiro atoms. The summed E-state index contributed by atoms with van der Waals surface area (Å²) >= 11 is 0. The molecular weight excluding hydrogens is 214 g/mol. The van der Waals surface area contributed by atoms with Crippen molar-refractivity contribution in [1.82, 2.24) is 4.57 Å². The number of hydrogen-bond donors (Lipinski definition) is 1. The highest BCUT2D eigenvalue weighted by Gasteiger charge is 2.25. The first kappa shape index (κ1) is 10.4. The zero-order valence-corrected chi connectivity index (χ0v) is 9.81. The highest BCUT2D eigenvalue weighted by atomic mass is 16.4. The zero-order valence-electron chi connectivity index (χ0n) is 9.81. The average molecular weight is 229 g/mol. The van der Waals surface area contributed by atoms with Gasteiger partial charge in [-0.1, -0.05) is 12.1 Å². The third kappa shape index (κ3) is 1.62. The lowest BCUT2D eigenvalue weighted by molar-refractivity contribution is -0.142. The lowest BCUT2D eigenvalue weighted by Crippen LogP contribution is -2.26. The Balaban J connectivity index is 2.13. The third-order valence-corrected chi connectivity index (χ3v) is 3.65. The number of rotatable bonds is 1. The molecule has 3 nitrogen and oxygen atoms in total. The number of aromatic nitrogens is 1. The van der Waals surface area contributed by atoms with Gasteiger partial charge in [0.05, 0.1) is 5.92 Å². The Morgan fingerprint density at radius 2 is 2.24 bits per heavy atom. The standard InChI is InChI=1S/C14H15NO2/c1-9-2-3-10-7-12-5-4-11(14(16)17)8-15(12)13(10)6-9/h2-3,6-7,11H,4-5,8H2,1H3,(H,16,17). The van der Waals surface area contributed by atoms with E-state index in [1.807, 2.05) is 0 Å². The molecule has 1 unspecified atom stereocenters. The number of hydrogen-bond acceptors (Lipinski definition) is 1. The molecular formula is C14H15NO2. The van der Waals surface area contributed by atoms with Gasteiger partial charge in [-0.05, 0) is 42.8 Å². The molecule has 0 radical (unpaired) electrons. The normalized spacial score (nSPS) is 19.2. The average Bonchev–Trinajstić information content (AvgIpc) is 2.66. The van der Waals surface area contributed by atoms with Gasteiger partial charge in [0.1, 0.15) is 0 Å². The second-order valence-electron chi connectivity index (χ2n) is 4.88. The van der Waals surface area contributed by atoms with Gasteiger partial charge in [0.25, 0.3) is 0 Å². The van der Waals surface area contributed by atoms with Crippen LogP contribution >= 0.6 is 0 Å². The number of carboxylic acids is 1. The summed E-state index contributed by atoms with van der Waals surface area (Å²) in [5, 5.41) is 10.3. The fourth-order valence-electron chi connectivity index (χ4n) is 2.68. The van der Waals surface area contributed by atoms with Gasteiger partial charge >= 0.3 is 5.97 Å². The summed E-state index contributed by atoms with van der Waals surface area (Å²) in [6.07, 6.45) is 1.62. The van der Waals surface area contributed by atoms with Crippen LogP contribution in [0.2, 0.25) is 0 Å². The molecule has 0 saturated heterocycles. The molecule has 0 aliphatic carbocycles. The first-order valence-corrected chi connectivity index (χ1v) is 5.97. The van der Waals surface area contributed by atoms with Crippen LogP contribution in [-0.2, 0) is 17.8 Å². The Bertz CT molecular complexity index is 598. The molecule has 1 atom stereocenters. The van der Waals surface area contributed by atoms with Gasteiger partial charge in [-0.3, -0.25) is 4.79 Å². The van der Waals surface area contributed by atoms with Crippen LogP contribution in [0.1, 0.15) is 17.7 Å². The van der Waals surface area contributed by atoms with Crippen LogP contribution in [-0.4, -0.2) is 15.6 Å². The maximum Gasteiger partial charge on any atom is 0.308 e. The van der Waals surface area contributed by atoms with E-state index < -0.39 is 5.97 Å². The van der Waals surface area contributed by atoms with E-state index in [0.717, 1.165) is 12.8 Å². The number of nitrogens with zero attached hydrogens (tertiary/aromatic N) is 1. The summed E-state index contributed by atoms with van der Waals surface area (Å²) in [7, 11) is 0. The van der Waals surface area contributed by atoms with Crippen LogP contribution in [0.15, 0.2) is 24.3 Å². The van der Waals surface area contributed by atoms with Gasteiger partial charge < -0.3 is 9.67 Å². The van der Waals surface area contributed by atoms with Crippen molar-refractivity contribution in [1.29, 1.82) is 0 Å². The maximum absolute atomic E-state index is 11.1. The number of benzene rings is 1. The quantitative estimate of drug-likeness (QED) is 0.816. The Labute approximate surface area is 99.7 Å². The lowest BCUT2D eigenvalue weighted by atomic mass is 9.98. The zero-order chi connectivity index (χ0) is 12.0. The first-order chi connectivity index (χ1) is 8.15. The predicted molar refractivity (Wildman–Crippen MR) is 66.1 cm³/mol. The van der Waals surface area contributed by atoms with E-state index in [0.29, 0.717) is 6.54 Å². The molecule has 1 aliphatic rings. The molecule has 88 valence electrons. The molecule has 0 fully saturated rings. The van der Waals surface area contributed by atoms with Crippen molar-refractivity contribution in [3.63, 3.8) is 0 Å². The Morgan fingerprint density at radius 1 is 1.41 bits per heavy atom. The monoisotopic (exact) mass is 229 g/mol. The smallest absolute Gasteiger partial charge is 0.308 e. The van der Waals surface area contributed by atoms with E-state index in [2.05, 4.69) is 35.8 Å². The largest absolute Gasteiger partial charge is 0.481 e. The molecule has 3 rings (SSSR count). The Hall–Kier alpha value is -1.77. The molecule has 0 amide bonds. The van der Waals surface area contributed by atoms with Gasteiger partial charge in [-0.15, -0.1) is 0 Å². The summed E-state index contributed by atoms with van der Waals surface area (Å²) < 4.78 is 2.17. The minimum Gasteiger partial charge on any atom is -0.481 e. The van der Waals surface area contributed by atoms with E-state index in [9.17, 15) is 4.79 Å². The van der Waals surface area contributed by atoms with E-state index in [1.165, 1.54) is 22.2 Å². The fraction of sp³-hybridized carbons (Fsp3) is 0.357. The number of aryl methyl sites for hydroxylation is 2. The Morgan fingerprint density at radius 3 is 3.00 bits per heavy atom. The van der Waals surface area contributed by atoms with Crippen LogP contribution < -0.4 is 0 Å². The highest BCUT2D eigenvalue weighted by Crippen LogP contribution is 2.28. The molecule has 0 bridgehead atoms. The maximum atomic E-state index is 11.1. The third-order valence-electron chi connectivity index (χ3n) is 3.65. The van der Waals surface area contributed by atoms with Crippen LogP contribution in [0.3, 0.4) is 0 Å². The van der Waals surface area contributed by atoms with Crippen molar-refractivity contribution < 1.29 is 9.90 Å². The van der Waals surface area contributed by atoms with Gasteiger partial charge in [-0.25, -0.2) is 0 Å². The highest BCUT2D eigenvalue weighted by molar-refractivity contribution is 5.82. The van der Waals surface area contributed by atoms with Crippen LogP contribution in [0.4, 0.5) is 0 Å². The molecule has 3 heteroatoms. The van der Waals surface area contributed by atoms with Crippen LogP contribution in [0.5, 0.6) is 0 Å². The lowest BCUT2D eigenvalue weighted by Gasteiger charge is -2.22. The van der Waals surface area contributed by atoms with Crippen molar-refractivity contribution >= 4 is 16.9 Å². The predicted octanol–water partition coefficient (Wildman–Crippen LogP) is 2.60.